The fourth-order valence-electron chi connectivity index (χ4n) is 1.70. The first-order valence-electron chi connectivity index (χ1n) is 5.20. The molecule has 1 aromatic carbocycles. The van der Waals surface area contributed by atoms with Crippen LogP contribution in [0.5, 0.6) is 0 Å². The Balaban J connectivity index is 2.89. The van der Waals surface area contributed by atoms with Crippen LogP contribution in [-0.2, 0) is 0 Å². The molecule has 1 unspecified atom stereocenters. The van der Waals surface area contributed by atoms with Crippen molar-refractivity contribution < 1.29 is 0 Å². The molecule has 0 aliphatic rings. The van der Waals surface area contributed by atoms with Crippen LogP contribution in [0.3, 0.4) is 0 Å². The highest BCUT2D eigenvalue weighted by Crippen LogP contribution is 2.20. The SMILES string of the molecule is Cc1cc(C#N)ccc1N(C)CC(C)C#N. The second kappa shape index (κ2) is 5.19. The number of benzene rings is 1. The first kappa shape index (κ1) is 12.1. The third kappa shape index (κ3) is 2.74. The van der Waals surface area contributed by atoms with E-state index in [9.17, 15) is 0 Å². The van der Waals surface area contributed by atoms with Crippen LogP contribution in [0.25, 0.3) is 0 Å². The van der Waals surface area contributed by atoms with Gasteiger partial charge in [-0.25, -0.2) is 0 Å². The Hall–Kier alpha value is -2.00. The smallest absolute Gasteiger partial charge is 0.0991 e. The third-order valence-electron chi connectivity index (χ3n) is 2.51. The van der Waals surface area contributed by atoms with Crippen molar-refractivity contribution in [2.45, 2.75) is 13.8 Å². The molecule has 0 bridgehead atoms. The maximum atomic E-state index is 8.77. The van der Waals surface area contributed by atoms with E-state index < -0.39 is 0 Å². The van der Waals surface area contributed by atoms with Gasteiger partial charge in [-0.2, -0.15) is 10.5 Å². The van der Waals surface area contributed by atoms with Gasteiger partial charge in [0.25, 0.3) is 0 Å². The molecule has 0 spiro atoms. The summed E-state index contributed by atoms with van der Waals surface area (Å²) in [6.07, 6.45) is 0. The van der Waals surface area contributed by atoms with E-state index in [0.717, 1.165) is 11.3 Å². The molecule has 3 nitrogen and oxygen atoms in total. The number of nitriles is 2. The van der Waals surface area contributed by atoms with Gasteiger partial charge in [0.1, 0.15) is 0 Å². The summed E-state index contributed by atoms with van der Waals surface area (Å²) in [5, 5.41) is 17.5. The molecule has 0 fully saturated rings. The predicted molar refractivity (Wildman–Crippen MR) is 63.9 cm³/mol. The summed E-state index contributed by atoms with van der Waals surface area (Å²) in [6.45, 7) is 4.57. The van der Waals surface area contributed by atoms with Crippen LogP contribution in [0.15, 0.2) is 18.2 Å². The number of anilines is 1. The van der Waals surface area contributed by atoms with Gasteiger partial charge in [-0.1, -0.05) is 0 Å². The molecule has 1 aromatic rings. The van der Waals surface area contributed by atoms with Gasteiger partial charge in [0, 0.05) is 19.3 Å². The fraction of sp³-hybridized carbons (Fsp3) is 0.385. The molecule has 1 rings (SSSR count). The molecule has 0 N–H and O–H groups in total. The predicted octanol–water partition coefficient (Wildman–Crippen LogP) is 2.46. The van der Waals surface area contributed by atoms with Gasteiger partial charge in [-0.15, -0.1) is 0 Å². The molecule has 0 heterocycles. The van der Waals surface area contributed by atoms with E-state index in [0.29, 0.717) is 12.1 Å². The third-order valence-corrected chi connectivity index (χ3v) is 2.51. The van der Waals surface area contributed by atoms with E-state index in [4.69, 9.17) is 10.5 Å². The molecule has 1 atom stereocenters. The number of nitrogens with zero attached hydrogens (tertiary/aromatic N) is 3. The standard InChI is InChI=1S/C13H15N3/c1-10(7-14)9-16(3)13-5-4-12(8-15)6-11(13)2/h4-6,10H,9H2,1-3H3. The van der Waals surface area contributed by atoms with Crippen LogP contribution >= 0.6 is 0 Å². The van der Waals surface area contributed by atoms with Crippen molar-refractivity contribution in [3.8, 4) is 12.1 Å². The maximum Gasteiger partial charge on any atom is 0.0991 e. The van der Waals surface area contributed by atoms with Crippen molar-refractivity contribution in [1.82, 2.24) is 0 Å². The highest BCUT2D eigenvalue weighted by atomic mass is 15.1. The minimum atomic E-state index is 0.0000401. The molecule has 0 aliphatic heterocycles. The van der Waals surface area contributed by atoms with Gasteiger partial charge in [0.2, 0.25) is 0 Å². The van der Waals surface area contributed by atoms with E-state index in [2.05, 4.69) is 12.1 Å². The number of hydrogen-bond acceptors (Lipinski definition) is 3. The molecule has 16 heavy (non-hydrogen) atoms. The number of rotatable bonds is 3. The lowest BCUT2D eigenvalue weighted by Crippen LogP contribution is -2.23. The first-order chi connectivity index (χ1) is 7.58. The quantitative estimate of drug-likeness (QED) is 0.775. The highest BCUT2D eigenvalue weighted by molar-refractivity contribution is 5.55. The van der Waals surface area contributed by atoms with Gasteiger partial charge >= 0.3 is 0 Å². The average Bonchev–Trinajstić information content (AvgIpc) is 2.28. The number of aryl methyl sites for hydroxylation is 1. The summed E-state index contributed by atoms with van der Waals surface area (Å²) in [5.41, 5.74) is 2.80. The minimum absolute atomic E-state index is 0.0000401. The molecule has 0 saturated carbocycles. The van der Waals surface area contributed by atoms with E-state index in [1.165, 1.54) is 0 Å². The van der Waals surface area contributed by atoms with Crippen molar-refractivity contribution >= 4 is 5.69 Å². The van der Waals surface area contributed by atoms with Crippen molar-refractivity contribution in [3.05, 3.63) is 29.3 Å². The molecule has 0 aromatic heterocycles. The van der Waals surface area contributed by atoms with Gasteiger partial charge < -0.3 is 4.90 Å². The molecule has 0 saturated heterocycles. The van der Waals surface area contributed by atoms with Gasteiger partial charge in [0.15, 0.2) is 0 Å². The Morgan fingerprint density at radius 1 is 1.38 bits per heavy atom. The summed E-state index contributed by atoms with van der Waals surface area (Å²) >= 11 is 0. The minimum Gasteiger partial charge on any atom is -0.373 e. The Morgan fingerprint density at radius 2 is 2.06 bits per heavy atom. The van der Waals surface area contributed by atoms with E-state index >= 15 is 0 Å². The van der Waals surface area contributed by atoms with E-state index in [1.54, 1.807) is 6.07 Å². The highest BCUT2D eigenvalue weighted by Gasteiger charge is 2.08. The summed E-state index contributed by atoms with van der Waals surface area (Å²) in [5.74, 6) is 0.0000401. The van der Waals surface area contributed by atoms with Crippen LogP contribution in [0, 0.1) is 35.5 Å². The Kier molecular flexibility index (Phi) is 3.91. The molecule has 0 amide bonds. The van der Waals surface area contributed by atoms with Crippen molar-refractivity contribution in [2.24, 2.45) is 5.92 Å². The molecule has 0 aliphatic carbocycles. The van der Waals surface area contributed by atoms with Crippen LogP contribution in [0.4, 0.5) is 5.69 Å². The normalized spacial score (nSPS) is 11.3. The summed E-state index contributed by atoms with van der Waals surface area (Å²) in [4.78, 5) is 2.05. The van der Waals surface area contributed by atoms with Crippen molar-refractivity contribution in [3.63, 3.8) is 0 Å². The topological polar surface area (TPSA) is 50.8 Å². The summed E-state index contributed by atoms with van der Waals surface area (Å²) < 4.78 is 0. The Bertz CT molecular complexity index is 451. The van der Waals surface area contributed by atoms with Crippen LogP contribution in [0.1, 0.15) is 18.1 Å². The molecular formula is C13H15N3. The van der Waals surface area contributed by atoms with Crippen molar-refractivity contribution in [1.29, 1.82) is 10.5 Å². The van der Waals surface area contributed by atoms with Crippen molar-refractivity contribution in [2.75, 3.05) is 18.5 Å². The lowest BCUT2D eigenvalue weighted by molar-refractivity contribution is 0.715. The van der Waals surface area contributed by atoms with E-state index in [-0.39, 0.29) is 5.92 Å². The van der Waals surface area contributed by atoms with Gasteiger partial charge in [0.05, 0.1) is 23.6 Å². The lowest BCUT2D eigenvalue weighted by Gasteiger charge is -2.22. The van der Waals surface area contributed by atoms with Gasteiger partial charge in [-0.3, -0.25) is 0 Å². The molecule has 3 heteroatoms. The van der Waals surface area contributed by atoms with Gasteiger partial charge in [-0.05, 0) is 37.6 Å². The average molecular weight is 213 g/mol. The zero-order valence-electron chi connectivity index (χ0n) is 9.86. The molecular weight excluding hydrogens is 198 g/mol. The summed E-state index contributed by atoms with van der Waals surface area (Å²) in [6, 6.07) is 9.92. The van der Waals surface area contributed by atoms with Crippen LogP contribution in [-0.4, -0.2) is 13.6 Å². The van der Waals surface area contributed by atoms with E-state index in [1.807, 2.05) is 37.9 Å². The second-order valence-corrected chi connectivity index (χ2v) is 4.02. The maximum absolute atomic E-state index is 8.77. The molecule has 0 radical (unpaired) electrons. The number of hydrogen-bond donors (Lipinski definition) is 0. The monoisotopic (exact) mass is 213 g/mol. The zero-order chi connectivity index (χ0) is 12.1. The zero-order valence-corrected chi connectivity index (χ0v) is 9.86. The Morgan fingerprint density at radius 3 is 2.56 bits per heavy atom. The first-order valence-corrected chi connectivity index (χ1v) is 5.20. The van der Waals surface area contributed by atoms with Crippen LogP contribution in [0.2, 0.25) is 0 Å². The largest absolute Gasteiger partial charge is 0.373 e. The fourth-order valence-corrected chi connectivity index (χ4v) is 1.70. The second-order valence-electron chi connectivity index (χ2n) is 4.02. The Labute approximate surface area is 96.5 Å². The summed E-state index contributed by atoms with van der Waals surface area (Å²) in [7, 11) is 1.96. The molecule has 82 valence electrons. The lowest BCUT2D eigenvalue weighted by atomic mass is 10.1. The van der Waals surface area contributed by atoms with Crippen LogP contribution < -0.4 is 4.90 Å².